The Hall–Kier alpha value is -1.23. The number of hydrogen-bond donors (Lipinski definition) is 1. The van der Waals surface area contributed by atoms with Crippen LogP contribution >= 0.6 is 11.8 Å². The molecule has 1 aromatic carbocycles. The third-order valence-corrected chi connectivity index (χ3v) is 3.05. The number of halogens is 1. The van der Waals surface area contributed by atoms with Crippen LogP contribution in [0.15, 0.2) is 24.3 Å². The highest BCUT2D eigenvalue weighted by Crippen LogP contribution is 2.12. The molecule has 0 aromatic heterocycles. The minimum atomic E-state index is -0.764. The van der Waals surface area contributed by atoms with Crippen molar-refractivity contribution in [3.05, 3.63) is 30.1 Å². The predicted molar refractivity (Wildman–Crippen MR) is 66.1 cm³/mol. The van der Waals surface area contributed by atoms with Gasteiger partial charge in [0.1, 0.15) is 11.6 Å². The third-order valence-electron chi connectivity index (χ3n) is 1.98. The number of aliphatic carboxylic acids is 1. The fourth-order valence-electron chi connectivity index (χ4n) is 1.14. The molecule has 0 heterocycles. The highest BCUT2D eigenvalue weighted by Gasteiger charge is 1.97. The Balaban J connectivity index is 2.01. The number of carboxylic acid groups (broad SMARTS) is 1. The van der Waals surface area contributed by atoms with Crippen molar-refractivity contribution in [2.45, 2.75) is 12.8 Å². The van der Waals surface area contributed by atoms with Gasteiger partial charge in [0.05, 0.1) is 13.0 Å². The van der Waals surface area contributed by atoms with E-state index in [9.17, 15) is 9.18 Å². The summed E-state index contributed by atoms with van der Waals surface area (Å²) in [5.41, 5.74) is 0. The molecule has 0 aliphatic heterocycles. The highest BCUT2D eigenvalue weighted by molar-refractivity contribution is 7.99. The molecule has 0 bridgehead atoms. The van der Waals surface area contributed by atoms with Crippen LogP contribution in [-0.4, -0.2) is 29.2 Å². The van der Waals surface area contributed by atoms with Gasteiger partial charge in [-0.05, 0) is 36.4 Å². The molecule has 5 heteroatoms. The second-order valence-electron chi connectivity index (χ2n) is 3.41. The summed E-state index contributed by atoms with van der Waals surface area (Å²) in [6.07, 6.45) is 1.05. The number of benzene rings is 1. The maximum Gasteiger partial charge on any atom is 0.304 e. The van der Waals surface area contributed by atoms with Gasteiger partial charge in [-0.1, -0.05) is 0 Å². The average molecular weight is 258 g/mol. The molecule has 1 N–H and O–H groups in total. The lowest BCUT2D eigenvalue weighted by Crippen LogP contribution is -2.00. The largest absolute Gasteiger partial charge is 0.494 e. The summed E-state index contributed by atoms with van der Waals surface area (Å²) in [5, 5.41) is 8.42. The highest BCUT2D eigenvalue weighted by atomic mass is 32.2. The molecule has 0 saturated heterocycles. The van der Waals surface area contributed by atoms with Crippen molar-refractivity contribution in [3.8, 4) is 5.75 Å². The van der Waals surface area contributed by atoms with Crippen molar-refractivity contribution in [1.82, 2.24) is 0 Å². The smallest absolute Gasteiger partial charge is 0.304 e. The molecule has 0 aliphatic carbocycles. The molecule has 3 nitrogen and oxygen atoms in total. The van der Waals surface area contributed by atoms with E-state index in [1.165, 1.54) is 12.1 Å². The standard InChI is InChI=1S/C12H15FO3S/c13-10-2-4-11(5-3-10)16-7-1-8-17-9-6-12(14)15/h2-5H,1,6-9H2,(H,14,15). The predicted octanol–water partition coefficient (Wildman–Crippen LogP) is 2.80. The van der Waals surface area contributed by atoms with E-state index in [2.05, 4.69) is 0 Å². The third kappa shape index (κ3) is 6.84. The summed E-state index contributed by atoms with van der Waals surface area (Å²) < 4.78 is 18.0. The quantitative estimate of drug-likeness (QED) is 0.728. The van der Waals surface area contributed by atoms with Gasteiger partial charge >= 0.3 is 5.97 Å². The molecule has 0 unspecified atom stereocenters. The zero-order chi connectivity index (χ0) is 12.5. The molecule has 0 spiro atoms. The summed E-state index contributed by atoms with van der Waals surface area (Å²) in [7, 11) is 0. The summed E-state index contributed by atoms with van der Waals surface area (Å²) in [6, 6.07) is 5.90. The van der Waals surface area contributed by atoms with E-state index in [-0.39, 0.29) is 12.2 Å². The number of thioether (sulfide) groups is 1. The van der Waals surface area contributed by atoms with Gasteiger partial charge in [0.15, 0.2) is 0 Å². The monoisotopic (exact) mass is 258 g/mol. The Bertz CT molecular complexity index is 340. The molecule has 17 heavy (non-hydrogen) atoms. The van der Waals surface area contributed by atoms with Crippen LogP contribution < -0.4 is 4.74 Å². The van der Waals surface area contributed by atoms with E-state index < -0.39 is 5.97 Å². The minimum Gasteiger partial charge on any atom is -0.494 e. The molecule has 0 fully saturated rings. The first-order valence-corrected chi connectivity index (χ1v) is 6.52. The van der Waals surface area contributed by atoms with Crippen molar-refractivity contribution in [1.29, 1.82) is 0 Å². The second kappa shape index (κ2) is 7.95. The van der Waals surface area contributed by atoms with Crippen molar-refractivity contribution >= 4 is 17.7 Å². The average Bonchev–Trinajstić information content (AvgIpc) is 2.30. The minimum absolute atomic E-state index is 0.198. The summed E-state index contributed by atoms with van der Waals surface area (Å²) >= 11 is 1.60. The number of rotatable bonds is 8. The number of hydrogen-bond acceptors (Lipinski definition) is 3. The first-order chi connectivity index (χ1) is 8.18. The van der Waals surface area contributed by atoms with Crippen LogP contribution in [0.1, 0.15) is 12.8 Å². The molecule has 0 aliphatic rings. The maximum atomic E-state index is 12.6. The molecule has 0 saturated carbocycles. The van der Waals surface area contributed by atoms with E-state index in [1.807, 2.05) is 0 Å². The van der Waals surface area contributed by atoms with Gasteiger partial charge in [0.25, 0.3) is 0 Å². The first-order valence-electron chi connectivity index (χ1n) is 5.36. The molecule has 0 amide bonds. The fraction of sp³-hybridized carbons (Fsp3) is 0.417. The molecule has 1 aromatic rings. The SMILES string of the molecule is O=C(O)CCSCCCOc1ccc(F)cc1. The van der Waals surface area contributed by atoms with E-state index in [0.29, 0.717) is 18.1 Å². The van der Waals surface area contributed by atoms with Crippen LogP contribution in [0.25, 0.3) is 0 Å². The van der Waals surface area contributed by atoms with Gasteiger partial charge in [0, 0.05) is 5.75 Å². The first kappa shape index (κ1) is 13.8. The normalized spacial score (nSPS) is 10.2. The van der Waals surface area contributed by atoms with Gasteiger partial charge < -0.3 is 9.84 Å². The van der Waals surface area contributed by atoms with Crippen molar-refractivity contribution in [2.75, 3.05) is 18.1 Å². The molecule has 1 rings (SSSR count). The fourth-order valence-corrected chi connectivity index (χ4v) is 1.99. The van der Waals surface area contributed by atoms with Crippen LogP contribution in [0.5, 0.6) is 5.75 Å². The zero-order valence-electron chi connectivity index (χ0n) is 9.39. The Morgan fingerprint density at radius 1 is 1.29 bits per heavy atom. The van der Waals surface area contributed by atoms with Gasteiger partial charge in [-0.25, -0.2) is 4.39 Å². The van der Waals surface area contributed by atoms with Crippen molar-refractivity contribution in [2.24, 2.45) is 0 Å². The van der Waals surface area contributed by atoms with E-state index in [1.54, 1.807) is 23.9 Å². The van der Waals surface area contributed by atoms with Gasteiger partial charge in [-0.3, -0.25) is 4.79 Å². The van der Waals surface area contributed by atoms with Crippen molar-refractivity contribution < 1.29 is 19.0 Å². The topological polar surface area (TPSA) is 46.5 Å². The lowest BCUT2D eigenvalue weighted by Gasteiger charge is -2.05. The maximum absolute atomic E-state index is 12.6. The second-order valence-corrected chi connectivity index (χ2v) is 4.64. The van der Waals surface area contributed by atoms with E-state index in [4.69, 9.17) is 9.84 Å². The van der Waals surface area contributed by atoms with Crippen LogP contribution in [0.4, 0.5) is 4.39 Å². The Morgan fingerprint density at radius 3 is 2.65 bits per heavy atom. The van der Waals surface area contributed by atoms with Crippen LogP contribution in [0.2, 0.25) is 0 Å². The lowest BCUT2D eigenvalue weighted by atomic mass is 10.3. The summed E-state index contributed by atoms with van der Waals surface area (Å²) in [6.45, 7) is 0.561. The summed E-state index contributed by atoms with van der Waals surface area (Å²) in [4.78, 5) is 10.2. The number of carboxylic acids is 1. The van der Waals surface area contributed by atoms with Crippen molar-refractivity contribution in [3.63, 3.8) is 0 Å². The number of carbonyl (C=O) groups is 1. The Morgan fingerprint density at radius 2 is 2.00 bits per heavy atom. The Labute approximate surface area is 104 Å². The molecular formula is C12H15FO3S. The van der Waals surface area contributed by atoms with Gasteiger partial charge in [-0.2, -0.15) is 11.8 Å². The van der Waals surface area contributed by atoms with Crippen LogP contribution in [0.3, 0.4) is 0 Å². The van der Waals surface area contributed by atoms with Gasteiger partial charge in [-0.15, -0.1) is 0 Å². The van der Waals surface area contributed by atoms with E-state index in [0.717, 1.165) is 12.2 Å². The molecular weight excluding hydrogens is 243 g/mol. The summed E-state index contributed by atoms with van der Waals surface area (Å²) in [5.74, 6) is 1.11. The van der Waals surface area contributed by atoms with E-state index >= 15 is 0 Å². The Kier molecular flexibility index (Phi) is 6.47. The van der Waals surface area contributed by atoms with Crippen LogP contribution in [-0.2, 0) is 4.79 Å². The zero-order valence-corrected chi connectivity index (χ0v) is 10.2. The molecule has 0 radical (unpaired) electrons. The van der Waals surface area contributed by atoms with Gasteiger partial charge in [0.2, 0.25) is 0 Å². The molecule has 0 atom stereocenters. The van der Waals surface area contributed by atoms with Crippen LogP contribution in [0, 0.1) is 5.82 Å². The number of ether oxygens (including phenoxy) is 1. The molecule has 94 valence electrons. The lowest BCUT2D eigenvalue weighted by molar-refractivity contribution is -0.136.